The van der Waals surface area contributed by atoms with E-state index in [2.05, 4.69) is 15.0 Å². The predicted octanol–water partition coefficient (Wildman–Crippen LogP) is 2.68. The molecule has 4 rings (SSSR count). The summed E-state index contributed by atoms with van der Waals surface area (Å²) in [5.74, 6) is -0.722. The van der Waals surface area contributed by atoms with Crippen molar-refractivity contribution in [3.05, 3.63) is 47.0 Å². The highest BCUT2D eigenvalue weighted by Crippen LogP contribution is 2.28. The summed E-state index contributed by atoms with van der Waals surface area (Å²) in [5.41, 5.74) is 6.13. The molecule has 1 saturated heterocycles. The molecular formula is C17H16ClF3N6. The van der Waals surface area contributed by atoms with E-state index < -0.39 is 23.8 Å². The number of rotatable bonds is 3. The SMILES string of the molecule is NC1CN(c2nc3c(F)cc(F)cc3n2Cc2ncc(Cl)cn2)CCC1F. The summed E-state index contributed by atoms with van der Waals surface area (Å²) in [6.45, 7) is 0.705. The molecule has 2 aromatic heterocycles. The molecule has 3 aromatic rings. The Balaban J connectivity index is 1.81. The summed E-state index contributed by atoms with van der Waals surface area (Å²) >= 11 is 5.81. The zero-order valence-electron chi connectivity index (χ0n) is 14.1. The molecular weight excluding hydrogens is 381 g/mol. The molecule has 2 atom stereocenters. The lowest BCUT2D eigenvalue weighted by molar-refractivity contribution is 0.243. The van der Waals surface area contributed by atoms with Gasteiger partial charge in [0.1, 0.15) is 23.3 Å². The van der Waals surface area contributed by atoms with Gasteiger partial charge in [-0.3, -0.25) is 0 Å². The molecule has 1 aliphatic heterocycles. The molecule has 1 aromatic carbocycles. The number of fused-ring (bicyclic) bond motifs is 1. The minimum Gasteiger partial charge on any atom is -0.340 e. The summed E-state index contributed by atoms with van der Waals surface area (Å²) in [4.78, 5) is 14.4. The van der Waals surface area contributed by atoms with Crippen LogP contribution in [0, 0.1) is 11.6 Å². The van der Waals surface area contributed by atoms with Gasteiger partial charge in [0.25, 0.3) is 0 Å². The summed E-state index contributed by atoms with van der Waals surface area (Å²) < 4.78 is 43.5. The lowest BCUT2D eigenvalue weighted by atomic mass is 10.1. The molecule has 3 heterocycles. The van der Waals surface area contributed by atoms with Gasteiger partial charge in [-0.25, -0.2) is 28.1 Å². The van der Waals surface area contributed by atoms with Crippen molar-refractivity contribution in [3.8, 4) is 0 Å². The summed E-state index contributed by atoms with van der Waals surface area (Å²) in [6.07, 6.45) is 2.01. The van der Waals surface area contributed by atoms with Crippen LogP contribution in [-0.4, -0.2) is 44.8 Å². The van der Waals surface area contributed by atoms with Crippen molar-refractivity contribution in [1.29, 1.82) is 0 Å². The normalized spacial score (nSPS) is 20.4. The smallest absolute Gasteiger partial charge is 0.207 e. The Bertz CT molecular complexity index is 977. The van der Waals surface area contributed by atoms with Crippen molar-refractivity contribution >= 4 is 28.6 Å². The second-order valence-corrected chi connectivity index (χ2v) is 6.92. The Morgan fingerprint density at radius 3 is 2.67 bits per heavy atom. The first kappa shape index (κ1) is 18.0. The van der Waals surface area contributed by atoms with Crippen LogP contribution in [0.4, 0.5) is 19.1 Å². The van der Waals surface area contributed by atoms with Crippen molar-refractivity contribution in [2.75, 3.05) is 18.0 Å². The molecule has 1 fully saturated rings. The Labute approximate surface area is 157 Å². The molecule has 0 amide bonds. The Hall–Kier alpha value is -2.39. The number of nitrogens with two attached hydrogens (primary N) is 1. The second kappa shape index (κ2) is 6.97. The molecule has 0 spiro atoms. The van der Waals surface area contributed by atoms with E-state index in [4.69, 9.17) is 17.3 Å². The lowest BCUT2D eigenvalue weighted by Gasteiger charge is -2.34. The first-order chi connectivity index (χ1) is 12.9. The van der Waals surface area contributed by atoms with Crippen molar-refractivity contribution in [2.24, 2.45) is 5.73 Å². The fraction of sp³-hybridized carbons (Fsp3) is 0.353. The molecule has 2 N–H and O–H groups in total. The van der Waals surface area contributed by atoms with Crippen LogP contribution in [0.2, 0.25) is 5.02 Å². The Morgan fingerprint density at radius 1 is 1.22 bits per heavy atom. The fourth-order valence-corrected chi connectivity index (χ4v) is 3.33. The number of aromatic nitrogens is 4. The third-order valence-electron chi connectivity index (χ3n) is 4.58. The van der Waals surface area contributed by atoms with E-state index in [9.17, 15) is 13.2 Å². The second-order valence-electron chi connectivity index (χ2n) is 6.49. The molecule has 10 heteroatoms. The fourth-order valence-electron chi connectivity index (χ4n) is 3.23. The van der Waals surface area contributed by atoms with Crippen molar-refractivity contribution < 1.29 is 13.2 Å². The number of anilines is 1. The molecule has 142 valence electrons. The summed E-state index contributed by atoms with van der Waals surface area (Å²) in [7, 11) is 0. The van der Waals surface area contributed by atoms with Gasteiger partial charge in [0.15, 0.2) is 5.82 Å². The first-order valence-electron chi connectivity index (χ1n) is 8.38. The van der Waals surface area contributed by atoms with Crippen LogP contribution in [0.1, 0.15) is 12.2 Å². The number of hydrogen-bond acceptors (Lipinski definition) is 5. The Kier molecular flexibility index (Phi) is 4.65. The van der Waals surface area contributed by atoms with Gasteiger partial charge in [-0.15, -0.1) is 0 Å². The van der Waals surface area contributed by atoms with Crippen LogP contribution in [0.25, 0.3) is 11.0 Å². The number of halogens is 4. The van der Waals surface area contributed by atoms with Crippen LogP contribution in [0.3, 0.4) is 0 Å². The van der Waals surface area contributed by atoms with E-state index in [1.807, 2.05) is 0 Å². The van der Waals surface area contributed by atoms with E-state index in [1.165, 1.54) is 18.5 Å². The molecule has 0 saturated carbocycles. The van der Waals surface area contributed by atoms with Gasteiger partial charge < -0.3 is 15.2 Å². The van der Waals surface area contributed by atoms with Gasteiger partial charge >= 0.3 is 0 Å². The maximum absolute atomic E-state index is 14.3. The average molecular weight is 397 g/mol. The number of alkyl halides is 1. The van der Waals surface area contributed by atoms with Gasteiger partial charge in [-0.05, 0) is 6.42 Å². The molecule has 2 unspecified atom stereocenters. The largest absolute Gasteiger partial charge is 0.340 e. The molecule has 6 nitrogen and oxygen atoms in total. The van der Waals surface area contributed by atoms with E-state index in [0.29, 0.717) is 23.3 Å². The summed E-state index contributed by atoms with van der Waals surface area (Å²) in [5, 5.41) is 0.377. The molecule has 0 bridgehead atoms. The van der Waals surface area contributed by atoms with Gasteiger partial charge in [0, 0.05) is 37.6 Å². The minimum absolute atomic E-state index is 0.0244. The van der Waals surface area contributed by atoms with Crippen molar-refractivity contribution in [2.45, 2.75) is 25.2 Å². The molecule has 0 aliphatic carbocycles. The zero-order valence-corrected chi connectivity index (χ0v) is 14.9. The first-order valence-corrected chi connectivity index (χ1v) is 8.76. The quantitative estimate of drug-likeness (QED) is 0.737. The van der Waals surface area contributed by atoms with E-state index in [1.54, 1.807) is 9.47 Å². The number of imidazole rings is 1. The van der Waals surface area contributed by atoms with Crippen LogP contribution in [0.15, 0.2) is 24.5 Å². The summed E-state index contributed by atoms with van der Waals surface area (Å²) in [6, 6.07) is 1.30. The highest BCUT2D eigenvalue weighted by molar-refractivity contribution is 6.30. The van der Waals surface area contributed by atoms with E-state index >= 15 is 0 Å². The zero-order chi connectivity index (χ0) is 19.1. The number of benzene rings is 1. The average Bonchev–Trinajstić information content (AvgIpc) is 2.98. The van der Waals surface area contributed by atoms with E-state index in [-0.39, 0.29) is 30.5 Å². The van der Waals surface area contributed by atoms with Gasteiger partial charge in [0.2, 0.25) is 5.95 Å². The van der Waals surface area contributed by atoms with Gasteiger partial charge in [-0.2, -0.15) is 0 Å². The highest BCUT2D eigenvalue weighted by atomic mass is 35.5. The monoisotopic (exact) mass is 396 g/mol. The minimum atomic E-state index is -1.10. The van der Waals surface area contributed by atoms with Gasteiger partial charge in [0.05, 0.1) is 23.1 Å². The van der Waals surface area contributed by atoms with Gasteiger partial charge in [-0.1, -0.05) is 11.6 Å². The van der Waals surface area contributed by atoms with Crippen LogP contribution < -0.4 is 10.6 Å². The molecule has 0 radical (unpaired) electrons. The topological polar surface area (TPSA) is 72.9 Å². The predicted molar refractivity (Wildman–Crippen MR) is 95.5 cm³/mol. The lowest BCUT2D eigenvalue weighted by Crippen LogP contribution is -2.50. The number of piperidine rings is 1. The highest BCUT2D eigenvalue weighted by Gasteiger charge is 2.30. The van der Waals surface area contributed by atoms with Crippen LogP contribution >= 0.6 is 11.6 Å². The molecule has 1 aliphatic rings. The maximum atomic E-state index is 14.3. The third-order valence-corrected chi connectivity index (χ3v) is 4.77. The number of hydrogen-bond donors (Lipinski definition) is 1. The molecule has 27 heavy (non-hydrogen) atoms. The van der Waals surface area contributed by atoms with Crippen LogP contribution in [-0.2, 0) is 6.54 Å². The standard InChI is InChI=1S/C17H16ClF3N6/c18-9-5-23-15(24-6-9)8-27-14-4-10(19)3-12(21)16(14)25-17(27)26-2-1-11(20)13(22)7-26/h3-6,11,13H,1-2,7-8,22H2. The Morgan fingerprint density at radius 2 is 1.96 bits per heavy atom. The maximum Gasteiger partial charge on any atom is 0.207 e. The third kappa shape index (κ3) is 3.44. The van der Waals surface area contributed by atoms with Crippen molar-refractivity contribution in [3.63, 3.8) is 0 Å². The van der Waals surface area contributed by atoms with Crippen LogP contribution in [0.5, 0.6) is 0 Å². The van der Waals surface area contributed by atoms with Crippen molar-refractivity contribution in [1.82, 2.24) is 19.5 Å². The number of nitrogens with zero attached hydrogens (tertiary/aromatic N) is 5. The van der Waals surface area contributed by atoms with E-state index in [0.717, 1.165) is 6.07 Å².